The van der Waals surface area contributed by atoms with E-state index in [0.29, 0.717) is 0 Å². The van der Waals surface area contributed by atoms with Crippen LogP contribution in [0.2, 0.25) is 0 Å². The lowest BCUT2D eigenvalue weighted by atomic mass is 10.4. The fraction of sp³-hybridized carbons (Fsp3) is 0.250. The smallest absolute Gasteiger partial charge is 0.289 e. The molecule has 0 aliphatic heterocycles. The summed E-state index contributed by atoms with van der Waals surface area (Å²) in [5.74, 6) is -1.32. The van der Waals surface area contributed by atoms with Crippen LogP contribution in [-0.4, -0.2) is 31.9 Å². The van der Waals surface area contributed by atoms with Crippen molar-refractivity contribution >= 4 is 11.7 Å². The Balaban J connectivity index is 2.88. The highest BCUT2D eigenvalue weighted by Crippen LogP contribution is 1.79. The predicted molar refractivity (Wildman–Crippen MR) is 29.1 cm³/mol. The molecule has 0 unspecified atom stereocenters. The lowest BCUT2D eigenvalue weighted by molar-refractivity contribution is -0.113. The summed E-state index contributed by atoms with van der Waals surface area (Å²) in [6.07, 6.45) is 1.07. The van der Waals surface area contributed by atoms with E-state index in [2.05, 4.69) is 15.5 Å². The van der Waals surface area contributed by atoms with Gasteiger partial charge in [0.25, 0.3) is 0 Å². The summed E-state index contributed by atoms with van der Waals surface area (Å²) in [5, 5.41) is 9.59. The van der Waals surface area contributed by atoms with Gasteiger partial charge in [0.05, 0.1) is 0 Å². The number of Topliss-reactive ketones (excluding diaryl/α,β-unsaturated/α-hetero) is 1. The van der Waals surface area contributed by atoms with E-state index >= 15 is 0 Å². The second-order valence-electron chi connectivity index (χ2n) is 1.62. The zero-order chi connectivity index (χ0) is 7.56. The van der Waals surface area contributed by atoms with Crippen molar-refractivity contribution in [3.8, 4) is 0 Å². The maximum absolute atomic E-state index is 10.7. The number of carbonyl (C=O) groups excluding carboxylic acids is 2. The minimum Gasteiger partial charge on any atom is -0.289 e. The fourth-order valence-electron chi connectivity index (χ4n) is 0.416. The molecule has 1 aromatic rings. The first kappa shape index (κ1) is 6.53. The molecule has 10 heavy (non-hydrogen) atoms. The molecule has 0 atom stereocenters. The molecule has 0 bridgehead atoms. The first-order valence-corrected chi connectivity index (χ1v) is 2.50. The van der Waals surface area contributed by atoms with Gasteiger partial charge in [-0.05, 0) is 10.4 Å². The highest BCUT2D eigenvalue weighted by atomic mass is 16.2. The van der Waals surface area contributed by atoms with Crippen LogP contribution in [0, 0.1) is 0 Å². The minimum atomic E-state index is -0.731. The molecule has 0 amide bonds. The Hall–Kier alpha value is -1.59. The Kier molecular flexibility index (Phi) is 1.53. The topological polar surface area (TPSA) is 77.7 Å². The van der Waals surface area contributed by atoms with Crippen LogP contribution in [-0.2, 0) is 4.79 Å². The van der Waals surface area contributed by atoms with E-state index in [1.54, 1.807) is 0 Å². The average Bonchev–Trinajstić information content (AvgIpc) is 2.36. The molecule has 1 heterocycles. The number of nitrogens with zero attached hydrogens (tertiary/aromatic N) is 4. The van der Waals surface area contributed by atoms with Crippen molar-refractivity contribution in [2.45, 2.75) is 6.92 Å². The molecule has 52 valence electrons. The SMILES string of the molecule is CC(=O)C(=O)n1cnnn1. The fourth-order valence-corrected chi connectivity index (χ4v) is 0.416. The van der Waals surface area contributed by atoms with Gasteiger partial charge in [-0.25, -0.2) is 0 Å². The van der Waals surface area contributed by atoms with Crippen LogP contribution in [0.5, 0.6) is 0 Å². The Morgan fingerprint density at radius 3 is 2.60 bits per heavy atom. The van der Waals surface area contributed by atoms with E-state index in [1.165, 1.54) is 0 Å². The van der Waals surface area contributed by atoms with Gasteiger partial charge >= 0.3 is 5.91 Å². The largest absolute Gasteiger partial charge is 0.316 e. The van der Waals surface area contributed by atoms with Gasteiger partial charge in [0.1, 0.15) is 6.33 Å². The van der Waals surface area contributed by atoms with E-state index < -0.39 is 11.7 Å². The summed E-state index contributed by atoms with van der Waals surface area (Å²) in [7, 11) is 0. The van der Waals surface area contributed by atoms with E-state index in [1.807, 2.05) is 0 Å². The molecular formula is C4H4N4O2. The molecule has 0 spiro atoms. The van der Waals surface area contributed by atoms with Gasteiger partial charge in [0.2, 0.25) is 5.78 Å². The van der Waals surface area contributed by atoms with E-state index in [-0.39, 0.29) is 0 Å². The molecule has 0 radical (unpaired) electrons. The summed E-state index contributed by atoms with van der Waals surface area (Å²) < 4.78 is 0.780. The third-order valence-electron chi connectivity index (χ3n) is 0.858. The lowest BCUT2D eigenvalue weighted by Crippen LogP contribution is -2.19. The quantitative estimate of drug-likeness (QED) is 0.365. The first-order valence-electron chi connectivity index (χ1n) is 2.50. The number of rotatable bonds is 1. The maximum atomic E-state index is 10.7. The Morgan fingerprint density at radius 1 is 1.50 bits per heavy atom. The number of hydrogen-bond acceptors (Lipinski definition) is 5. The van der Waals surface area contributed by atoms with Gasteiger partial charge in [0, 0.05) is 6.92 Å². The van der Waals surface area contributed by atoms with Crippen LogP contribution in [0.4, 0.5) is 0 Å². The van der Waals surface area contributed by atoms with Gasteiger partial charge < -0.3 is 0 Å². The van der Waals surface area contributed by atoms with Crippen molar-refractivity contribution in [2.24, 2.45) is 0 Å². The zero-order valence-corrected chi connectivity index (χ0v) is 5.18. The van der Waals surface area contributed by atoms with Crippen LogP contribution in [0.15, 0.2) is 6.33 Å². The Bertz CT molecular complexity index is 252. The number of aromatic nitrogens is 4. The lowest BCUT2D eigenvalue weighted by Gasteiger charge is -1.88. The van der Waals surface area contributed by atoms with E-state index in [9.17, 15) is 9.59 Å². The normalized spacial score (nSPS) is 9.30. The predicted octanol–water partition coefficient (Wildman–Crippen LogP) is -1.10. The molecule has 0 aromatic carbocycles. The third kappa shape index (κ3) is 1.04. The molecule has 1 aromatic heterocycles. The van der Waals surface area contributed by atoms with Crippen LogP contribution in [0.1, 0.15) is 11.7 Å². The van der Waals surface area contributed by atoms with Gasteiger partial charge in [-0.3, -0.25) is 9.59 Å². The molecular weight excluding hydrogens is 136 g/mol. The third-order valence-corrected chi connectivity index (χ3v) is 0.858. The van der Waals surface area contributed by atoms with E-state index in [0.717, 1.165) is 17.9 Å². The van der Waals surface area contributed by atoms with Gasteiger partial charge in [0.15, 0.2) is 0 Å². The number of ketones is 1. The second-order valence-corrected chi connectivity index (χ2v) is 1.62. The molecule has 0 aliphatic carbocycles. The minimum absolute atomic E-state index is 0.590. The summed E-state index contributed by atoms with van der Waals surface area (Å²) >= 11 is 0. The Labute approximate surface area is 55.8 Å². The van der Waals surface area contributed by atoms with Crippen molar-refractivity contribution in [1.29, 1.82) is 0 Å². The standard InChI is InChI=1S/C4H4N4O2/c1-3(9)4(10)8-2-5-6-7-8/h2H,1H3. The van der Waals surface area contributed by atoms with Crippen LogP contribution >= 0.6 is 0 Å². The molecule has 1 rings (SSSR count). The molecule has 0 saturated heterocycles. The molecule has 0 saturated carbocycles. The number of carbonyl (C=O) groups is 2. The van der Waals surface area contributed by atoms with Gasteiger partial charge in [-0.1, -0.05) is 0 Å². The highest BCUT2D eigenvalue weighted by molar-refractivity contribution is 6.35. The van der Waals surface area contributed by atoms with Crippen LogP contribution < -0.4 is 0 Å². The summed E-state index contributed by atoms with van der Waals surface area (Å²) in [6, 6.07) is 0. The first-order chi connectivity index (χ1) is 4.72. The van der Waals surface area contributed by atoms with Gasteiger partial charge in [-0.15, -0.1) is 5.10 Å². The summed E-state index contributed by atoms with van der Waals surface area (Å²) in [4.78, 5) is 21.1. The molecule has 6 heteroatoms. The van der Waals surface area contributed by atoms with Crippen LogP contribution in [0.3, 0.4) is 0 Å². The summed E-state index contributed by atoms with van der Waals surface area (Å²) in [5.41, 5.74) is 0. The monoisotopic (exact) mass is 140 g/mol. The molecule has 0 N–H and O–H groups in total. The van der Waals surface area contributed by atoms with Crippen molar-refractivity contribution in [3.05, 3.63) is 6.33 Å². The van der Waals surface area contributed by atoms with Crippen LogP contribution in [0.25, 0.3) is 0 Å². The summed E-state index contributed by atoms with van der Waals surface area (Å²) in [6.45, 7) is 1.16. The molecule has 0 aliphatic rings. The van der Waals surface area contributed by atoms with E-state index in [4.69, 9.17) is 0 Å². The van der Waals surface area contributed by atoms with Crippen molar-refractivity contribution < 1.29 is 9.59 Å². The zero-order valence-electron chi connectivity index (χ0n) is 5.18. The van der Waals surface area contributed by atoms with Gasteiger partial charge in [-0.2, -0.15) is 4.68 Å². The number of tetrazole rings is 1. The van der Waals surface area contributed by atoms with Crippen molar-refractivity contribution in [3.63, 3.8) is 0 Å². The average molecular weight is 140 g/mol. The Morgan fingerprint density at radius 2 is 2.20 bits per heavy atom. The van der Waals surface area contributed by atoms with Crippen molar-refractivity contribution in [1.82, 2.24) is 20.2 Å². The molecule has 6 nitrogen and oxygen atoms in total. The number of hydrogen-bond donors (Lipinski definition) is 0. The second kappa shape index (κ2) is 2.34. The highest BCUT2D eigenvalue weighted by Gasteiger charge is 2.10. The maximum Gasteiger partial charge on any atom is 0.316 e. The molecule has 0 fully saturated rings. The van der Waals surface area contributed by atoms with Crippen molar-refractivity contribution in [2.75, 3.05) is 0 Å².